The second kappa shape index (κ2) is 7.27. The molecule has 1 aliphatic rings. The molecule has 1 aromatic carbocycles. The van der Waals surface area contributed by atoms with Crippen molar-refractivity contribution in [3.63, 3.8) is 0 Å². The predicted molar refractivity (Wildman–Crippen MR) is 92.4 cm³/mol. The van der Waals surface area contributed by atoms with Gasteiger partial charge in [-0.25, -0.2) is 9.97 Å². The van der Waals surface area contributed by atoms with Gasteiger partial charge in [-0.3, -0.25) is 9.69 Å². The van der Waals surface area contributed by atoms with E-state index in [1.165, 1.54) is 0 Å². The molecular weight excluding hydrogens is 306 g/mol. The monoisotopic (exact) mass is 327 g/mol. The first-order chi connectivity index (χ1) is 11.7. The second-order valence-electron chi connectivity index (χ2n) is 5.69. The van der Waals surface area contributed by atoms with Gasteiger partial charge in [0.1, 0.15) is 5.75 Å². The van der Waals surface area contributed by atoms with E-state index in [9.17, 15) is 4.79 Å². The zero-order valence-electron chi connectivity index (χ0n) is 13.7. The Balaban J connectivity index is 1.56. The van der Waals surface area contributed by atoms with Crippen LogP contribution in [0.1, 0.15) is 10.4 Å². The van der Waals surface area contributed by atoms with Crippen LogP contribution in [0.4, 0.5) is 11.6 Å². The number of piperazine rings is 1. The Morgan fingerprint density at radius 1 is 1.21 bits per heavy atom. The molecule has 0 amide bonds. The minimum absolute atomic E-state index is 0.0637. The third-order valence-corrected chi connectivity index (χ3v) is 4.13. The number of nitrogens with two attached hydrogens (primary N) is 1. The molecular formula is C17H21N5O2. The zero-order chi connectivity index (χ0) is 16.9. The number of carbonyl (C=O) groups is 1. The summed E-state index contributed by atoms with van der Waals surface area (Å²) in [5, 5.41) is 0. The summed E-state index contributed by atoms with van der Waals surface area (Å²) in [6.45, 7) is 3.60. The molecule has 1 aromatic heterocycles. The van der Waals surface area contributed by atoms with E-state index in [1.54, 1.807) is 43.8 Å². The number of benzene rings is 1. The Kier molecular flexibility index (Phi) is 4.90. The molecule has 1 aliphatic heterocycles. The van der Waals surface area contributed by atoms with Gasteiger partial charge in [0, 0.05) is 44.1 Å². The van der Waals surface area contributed by atoms with Gasteiger partial charge < -0.3 is 15.4 Å². The number of hydrogen-bond acceptors (Lipinski definition) is 7. The van der Waals surface area contributed by atoms with Gasteiger partial charge in [-0.15, -0.1) is 0 Å². The Bertz CT molecular complexity index is 699. The van der Waals surface area contributed by atoms with Crippen molar-refractivity contribution in [2.24, 2.45) is 0 Å². The molecule has 3 rings (SSSR count). The number of nitrogens with zero attached hydrogens (tertiary/aromatic N) is 4. The molecule has 0 saturated carbocycles. The van der Waals surface area contributed by atoms with Crippen LogP contribution < -0.4 is 15.4 Å². The Morgan fingerprint density at radius 3 is 2.54 bits per heavy atom. The molecule has 7 nitrogen and oxygen atoms in total. The lowest BCUT2D eigenvalue weighted by molar-refractivity contribution is 0.0926. The van der Waals surface area contributed by atoms with Crippen LogP contribution in [0.3, 0.4) is 0 Å². The maximum Gasteiger partial charge on any atom is 0.225 e. The van der Waals surface area contributed by atoms with E-state index < -0.39 is 0 Å². The number of methoxy groups -OCH3 is 1. The fourth-order valence-corrected chi connectivity index (χ4v) is 2.76. The van der Waals surface area contributed by atoms with Crippen molar-refractivity contribution in [3.05, 3.63) is 42.2 Å². The van der Waals surface area contributed by atoms with E-state index in [-0.39, 0.29) is 5.78 Å². The zero-order valence-corrected chi connectivity index (χ0v) is 13.7. The molecule has 0 spiro atoms. The molecule has 0 atom stereocenters. The van der Waals surface area contributed by atoms with Crippen molar-refractivity contribution in [2.45, 2.75) is 0 Å². The summed E-state index contributed by atoms with van der Waals surface area (Å²) in [6, 6.07) is 6.97. The number of ketones is 1. The number of nitrogen functional groups attached to an aromatic ring is 1. The van der Waals surface area contributed by atoms with Crippen LogP contribution in [0, 0.1) is 0 Å². The van der Waals surface area contributed by atoms with Crippen LogP contribution in [0.5, 0.6) is 5.75 Å². The van der Waals surface area contributed by atoms with Crippen molar-refractivity contribution in [1.82, 2.24) is 14.9 Å². The maximum absolute atomic E-state index is 12.4. The highest BCUT2D eigenvalue weighted by atomic mass is 16.5. The van der Waals surface area contributed by atoms with Crippen LogP contribution in [0.25, 0.3) is 0 Å². The fraction of sp³-hybridized carbons (Fsp3) is 0.353. The Hall–Kier alpha value is -2.67. The summed E-state index contributed by atoms with van der Waals surface area (Å²) in [5.41, 5.74) is 6.97. The molecule has 7 heteroatoms. The SMILES string of the molecule is COc1ccc(C(=O)CN2CCN(c3ncccn3)CC2)cc1N. The summed E-state index contributed by atoms with van der Waals surface area (Å²) in [4.78, 5) is 25.2. The van der Waals surface area contributed by atoms with Gasteiger partial charge in [-0.2, -0.15) is 0 Å². The largest absolute Gasteiger partial charge is 0.495 e. The van der Waals surface area contributed by atoms with E-state index in [4.69, 9.17) is 10.5 Å². The summed E-state index contributed by atoms with van der Waals surface area (Å²) in [6.07, 6.45) is 3.48. The van der Waals surface area contributed by atoms with Crippen molar-refractivity contribution < 1.29 is 9.53 Å². The third-order valence-electron chi connectivity index (χ3n) is 4.13. The lowest BCUT2D eigenvalue weighted by Gasteiger charge is -2.34. The number of anilines is 2. The van der Waals surface area contributed by atoms with Crippen molar-refractivity contribution in [3.8, 4) is 5.75 Å². The topological polar surface area (TPSA) is 84.6 Å². The first kappa shape index (κ1) is 16.2. The number of hydrogen-bond donors (Lipinski definition) is 1. The van der Waals surface area contributed by atoms with Gasteiger partial charge in [0.2, 0.25) is 5.95 Å². The van der Waals surface area contributed by atoms with E-state index in [2.05, 4.69) is 19.8 Å². The number of Topliss-reactive ketones (excluding diaryl/α,β-unsaturated/α-hetero) is 1. The molecule has 1 saturated heterocycles. The van der Waals surface area contributed by atoms with Crippen LogP contribution in [-0.2, 0) is 0 Å². The van der Waals surface area contributed by atoms with E-state index in [0.29, 0.717) is 23.5 Å². The fourth-order valence-electron chi connectivity index (χ4n) is 2.76. The molecule has 2 aromatic rings. The molecule has 2 heterocycles. The van der Waals surface area contributed by atoms with Gasteiger partial charge >= 0.3 is 0 Å². The van der Waals surface area contributed by atoms with Gasteiger partial charge in [0.15, 0.2) is 5.78 Å². The van der Waals surface area contributed by atoms with E-state index in [1.807, 2.05) is 0 Å². The summed E-state index contributed by atoms with van der Waals surface area (Å²) < 4.78 is 5.12. The third kappa shape index (κ3) is 3.62. The quantitative estimate of drug-likeness (QED) is 0.649. The van der Waals surface area contributed by atoms with Gasteiger partial charge in [0.05, 0.1) is 19.3 Å². The average Bonchev–Trinajstić information content (AvgIpc) is 2.63. The molecule has 2 N–H and O–H groups in total. The Morgan fingerprint density at radius 2 is 1.92 bits per heavy atom. The number of rotatable bonds is 5. The van der Waals surface area contributed by atoms with E-state index >= 15 is 0 Å². The van der Waals surface area contributed by atoms with Crippen LogP contribution >= 0.6 is 0 Å². The molecule has 1 fully saturated rings. The van der Waals surface area contributed by atoms with Gasteiger partial charge in [0.25, 0.3) is 0 Å². The van der Waals surface area contributed by atoms with Crippen molar-refractivity contribution >= 4 is 17.4 Å². The van der Waals surface area contributed by atoms with Gasteiger partial charge in [-0.05, 0) is 24.3 Å². The van der Waals surface area contributed by atoms with Gasteiger partial charge in [-0.1, -0.05) is 0 Å². The summed E-state index contributed by atoms with van der Waals surface area (Å²) in [5.74, 6) is 1.39. The molecule has 0 bridgehead atoms. The minimum Gasteiger partial charge on any atom is -0.495 e. The molecule has 0 radical (unpaired) electrons. The first-order valence-corrected chi connectivity index (χ1v) is 7.88. The van der Waals surface area contributed by atoms with E-state index in [0.717, 1.165) is 32.1 Å². The smallest absolute Gasteiger partial charge is 0.225 e. The highest BCUT2D eigenvalue weighted by molar-refractivity contribution is 5.98. The van der Waals surface area contributed by atoms with Crippen LogP contribution in [-0.4, -0.2) is 60.5 Å². The summed E-state index contributed by atoms with van der Waals surface area (Å²) in [7, 11) is 1.56. The number of ether oxygens (including phenoxy) is 1. The lowest BCUT2D eigenvalue weighted by Crippen LogP contribution is -2.48. The standard InChI is InChI=1S/C17H21N5O2/c1-24-16-4-3-13(11-14(16)18)15(23)12-21-7-9-22(10-8-21)17-19-5-2-6-20-17/h2-6,11H,7-10,12,18H2,1H3. The highest BCUT2D eigenvalue weighted by Gasteiger charge is 2.21. The number of carbonyl (C=O) groups excluding carboxylic acids is 1. The Labute approximate surface area is 141 Å². The summed E-state index contributed by atoms with van der Waals surface area (Å²) >= 11 is 0. The van der Waals surface area contributed by atoms with Crippen molar-refractivity contribution in [1.29, 1.82) is 0 Å². The predicted octanol–water partition coefficient (Wildman–Crippen LogP) is 1.07. The van der Waals surface area contributed by atoms with Crippen LogP contribution in [0.15, 0.2) is 36.7 Å². The molecule has 0 unspecified atom stereocenters. The maximum atomic E-state index is 12.4. The van der Waals surface area contributed by atoms with Crippen LogP contribution in [0.2, 0.25) is 0 Å². The normalized spacial score (nSPS) is 15.3. The average molecular weight is 327 g/mol. The number of aromatic nitrogens is 2. The minimum atomic E-state index is 0.0637. The van der Waals surface area contributed by atoms with Crippen molar-refractivity contribution in [2.75, 3.05) is 50.5 Å². The molecule has 126 valence electrons. The molecule has 24 heavy (non-hydrogen) atoms. The molecule has 0 aliphatic carbocycles. The lowest BCUT2D eigenvalue weighted by atomic mass is 10.1. The first-order valence-electron chi connectivity index (χ1n) is 7.88. The second-order valence-corrected chi connectivity index (χ2v) is 5.69. The highest BCUT2D eigenvalue weighted by Crippen LogP contribution is 2.22.